The van der Waals surface area contributed by atoms with Crippen LogP contribution in [0.5, 0.6) is 0 Å². The summed E-state index contributed by atoms with van der Waals surface area (Å²) in [4.78, 5) is 2.63. The molecule has 1 aliphatic carbocycles. The van der Waals surface area contributed by atoms with E-state index in [-0.39, 0.29) is 0 Å². The van der Waals surface area contributed by atoms with Crippen molar-refractivity contribution in [1.82, 2.24) is 4.90 Å². The molecule has 1 nitrogen and oxygen atoms in total. The molecule has 0 heterocycles. The molecule has 72 valence electrons. The largest absolute Gasteiger partial charge is 0.301 e. The van der Waals surface area contributed by atoms with Crippen LogP contribution in [0.3, 0.4) is 0 Å². The van der Waals surface area contributed by atoms with Gasteiger partial charge in [-0.3, -0.25) is 0 Å². The van der Waals surface area contributed by atoms with Crippen LogP contribution in [0.2, 0.25) is 0 Å². The first-order chi connectivity index (χ1) is 5.53. The van der Waals surface area contributed by atoms with Crippen molar-refractivity contribution in [2.45, 2.75) is 53.0 Å². The molecule has 0 radical (unpaired) electrons. The molecular weight excluding hydrogens is 146 g/mol. The van der Waals surface area contributed by atoms with E-state index in [1.165, 1.54) is 32.4 Å². The zero-order valence-electron chi connectivity index (χ0n) is 9.06. The summed E-state index contributed by atoms with van der Waals surface area (Å²) < 4.78 is 0. The molecule has 0 atom stereocenters. The predicted octanol–water partition coefficient (Wildman–Crippen LogP) is 2.91. The lowest BCUT2D eigenvalue weighted by Gasteiger charge is -2.25. The summed E-state index contributed by atoms with van der Waals surface area (Å²) in [7, 11) is 0. The van der Waals surface area contributed by atoms with Crippen LogP contribution >= 0.6 is 0 Å². The fourth-order valence-electron chi connectivity index (χ4n) is 1.52. The molecule has 0 aliphatic heterocycles. The molecule has 1 heteroatoms. The molecular formula is C11H23N. The van der Waals surface area contributed by atoms with Crippen molar-refractivity contribution in [3.63, 3.8) is 0 Å². The highest BCUT2D eigenvalue weighted by molar-refractivity contribution is 4.84. The second-order valence-corrected chi connectivity index (χ2v) is 5.17. The summed E-state index contributed by atoms with van der Waals surface area (Å²) in [5.74, 6) is 0. The zero-order valence-corrected chi connectivity index (χ0v) is 9.06. The molecule has 0 unspecified atom stereocenters. The van der Waals surface area contributed by atoms with Gasteiger partial charge >= 0.3 is 0 Å². The lowest BCUT2D eigenvalue weighted by atomic mass is 9.92. The fraction of sp³-hybridized carbons (Fsp3) is 1.00. The molecule has 1 saturated carbocycles. The standard InChI is InChI=1S/C11H23N/c1-5-12(10-6-7-10)9-8-11(2,3)4/h10H,5-9H2,1-4H3. The quantitative estimate of drug-likeness (QED) is 0.625. The first-order valence-electron chi connectivity index (χ1n) is 5.27. The van der Waals surface area contributed by atoms with Crippen molar-refractivity contribution in [1.29, 1.82) is 0 Å². The van der Waals surface area contributed by atoms with Crippen molar-refractivity contribution in [2.75, 3.05) is 13.1 Å². The maximum absolute atomic E-state index is 2.63. The summed E-state index contributed by atoms with van der Waals surface area (Å²) in [5, 5.41) is 0. The first kappa shape index (κ1) is 10.0. The van der Waals surface area contributed by atoms with Gasteiger partial charge in [-0.15, -0.1) is 0 Å². The molecule has 0 aromatic rings. The third kappa shape index (κ3) is 3.57. The van der Waals surface area contributed by atoms with E-state index in [1.807, 2.05) is 0 Å². The molecule has 0 saturated heterocycles. The van der Waals surface area contributed by atoms with Crippen LogP contribution in [-0.2, 0) is 0 Å². The van der Waals surface area contributed by atoms with E-state index in [9.17, 15) is 0 Å². The lowest BCUT2D eigenvalue weighted by Crippen LogP contribution is -2.29. The SMILES string of the molecule is CCN(CCC(C)(C)C)C1CC1. The summed E-state index contributed by atoms with van der Waals surface area (Å²) in [6.07, 6.45) is 4.22. The Morgan fingerprint density at radius 3 is 2.17 bits per heavy atom. The minimum Gasteiger partial charge on any atom is -0.301 e. The van der Waals surface area contributed by atoms with Gasteiger partial charge in [0.1, 0.15) is 0 Å². The summed E-state index contributed by atoms with van der Waals surface area (Å²) in [6.45, 7) is 11.8. The van der Waals surface area contributed by atoms with Gasteiger partial charge in [0, 0.05) is 6.04 Å². The third-order valence-electron chi connectivity index (χ3n) is 2.62. The van der Waals surface area contributed by atoms with E-state index >= 15 is 0 Å². The predicted molar refractivity (Wildman–Crippen MR) is 54.3 cm³/mol. The van der Waals surface area contributed by atoms with Crippen molar-refractivity contribution in [3.8, 4) is 0 Å². The maximum Gasteiger partial charge on any atom is 0.00963 e. The average Bonchev–Trinajstić information content (AvgIpc) is 2.70. The molecule has 1 aliphatic rings. The fourth-order valence-corrected chi connectivity index (χ4v) is 1.52. The molecule has 1 rings (SSSR count). The number of nitrogens with zero attached hydrogens (tertiary/aromatic N) is 1. The zero-order chi connectivity index (χ0) is 9.19. The van der Waals surface area contributed by atoms with E-state index in [4.69, 9.17) is 0 Å². The van der Waals surface area contributed by atoms with Gasteiger partial charge in [-0.25, -0.2) is 0 Å². The monoisotopic (exact) mass is 169 g/mol. The van der Waals surface area contributed by atoms with Crippen molar-refractivity contribution >= 4 is 0 Å². The van der Waals surface area contributed by atoms with Crippen molar-refractivity contribution in [2.24, 2.45) is 5.41 Å². The van der Waals surface area contributed by atoms with Crippen LogP contribution in [0.4, 0.5) is 0 Å². The van der Waals surface area contributed by atoms with Gasteiger partial charge in [0.25, 0.3) is 0 Å². The smallest absolute Gasteiger partial charge is 0.00963 e. The van der Waals surface area contributed by atoms with Gasteiger partial charge in [-0.1, -0.05) is 27.7 Å². The second kappa shape index (κ2) is 3.78. The highest BCUT2D eigenvalue weighted by Gasteiger charge is 2.28. The van der Waals surface area contributed by atoms with Crippen LogP contribution in [0.15, 0.2) is 0 Å². The van der Waals surface area contributed by atoms with Crippen molar-refractivity contribution < 1.29 is 0 Å². The normalized spacial score (nSPS) is 18.8. The highest BCUT2D eigenvalue weighted by atomic mass is 15.2. The Kier molecular flexibility index (Phi) is 3.16. The van der Waals surface area contributed by atoms with E-state index in [0.29, 0.717) is 5.41 Å². The molecule has 0 amide bonds. The van der Waals surface area contributed by atoms with Gasteiger partial charge in [-0.05, 0) is 37.8 Å². The van der Waals surface area contributed by atoms with Crippen LogP contribution in [0.1, 0.15) is 47.0 Å². The van der Waals surface area contributed by atoms with Gasteiger partial charge in [0.05, 0.1) is 0 Å². The molecule has 0 spiro atoms. The molecule has 0 aromatic heterocycles. The Morgan fingerprint density at radius 2 is 1.83 bits per heavy atom. The first-order valence-corrected chi connectivity index (χ1v) is 5.27. The number of hydrogen-bond acceptors (Lipinski definition) is 1. The maximum atomic E-state index is 2.63. The van der Waals surface area contributed by atoms with Gasteiger partial charge in [0.15, 0.2) is 0 Å². The molecule has 0 N–H and O–H groups in total. The highest BCUT2D eigenvalue weighted by Crippen LogP contribution is 2.28. The van der Waals surface area contributed by atoms with Gasteiger partial charge in [0.2, 0.25) is 0 Å². The van der Waals surface area contributed by atoms with E-state index in [1.54, 1.807) is 0 Å². The third-order valence-corrected chi connectivity index (χ3v) is 2.62. The summed E-state index contributed by atoms with van der Waals surface area (Å²) in [5.41, 5.74) is 0.502. The Labute approximate surface area is 77.1 Å². The van der Waals surface area contributed by atoms with E-state index < -0.39 is 0 Å². The molecule has 0 bridgehead atoms. The van der Waals surface area contributed by atoms with E-state index in [2.05, 4.69) is 32.6 Å². The average molecular weight is 169 g/mol. The number of hydrogen-bond donors (Lipinski definition) is 0. The Hall–Kier alpha value is -0.0400. The number of rotatable bonds is 4. The van der Waals surface area contributed by atoms with Crippen molar-refractivity contribution in [3.05, 3.63) is 0 Å². The topological polar surface area (TPSA) is 3.24 Å². The van der Waals surface area contributed by atoms with Crippen LogP contribution in [-0.4, -0.2) is 24.0 Å². The second-order valence-electron chi connectivity index (χ2n) is 5.17. The minimum atomic E-state index is 0.502. The van der Waals surface area contributed by atoms with Crippen LogP contribution in [0, 0.1) is 5.41 Å². The lowest BCUT2D eigenvalue weighted by molar-refractivity contribution is 0.229. The minimum absolute atomic E-state index is 0.502. The molecule has 0 aromatic carbocycles. The Morgan fingerprint density at radius 1 is 1.25 bits per heavy atom. The summed E-state index contributed by atoms with van der Waals surface area (Å²) in [6, 6.07) is 0.942. The van der Waals surface area contributed by atoms with Gasteiger partial charge in [-0.2, -0.15) is 0 Å². The Bertz CT molecular complexity index is 130. The molecule has 12 heavy (non-hydrogen) atoms. The molecule has 1 fully saturated rings. The van der Waals surface area contributed by atoms with Gasteiger partial charge < -0.3 is 4.90 Å². The summed E-state index contributed by atoms with van der Waals surface area (Å²) >= 11 is 0. The van der Waals surface area contributed by atoms with E-state index in [0.717, 1.165) is 6.04 Å². The van der Waals surface area contributed by atoms with Crippen LogP contribution < -0.4 is 0 Å². The van der Waals surface area contributed by atoms with Crippen LogP contribution in [0.25, 0.3) is 0 Å². The Balaban J connectivity index is 2.19.